The van der Waals surface area contributed by atoms with E-state index in [1.807, 2.05) is 56.3 Å². The second-order valence-electron chi connectivity index (χ2n) is 8.12. The van der Waals surface area contributed by atoms with Gasteiger partial charge in [0.05, 0.1) is 17.9 Å². The number of benzene rings is 2. The minimum atomic E-state index is -0.645. The average Bonchev–Trinajstić information content (AvgIpc) is 3.58. The van der Waals surface area contributed by atoms with Crippen molar-refractivity contribution in [3.05, 3.63) is 77.1 Å². The van der Waals surface area contributed by atoms with Crippen molar-refractivity contribution in [1.29, 1.82) is 0 Å². The molecule has 0 saturated heterocycles. The summed E-state index contributed by atoms with van der Waals surface area (Å²) in [5.41, 5.74) is 4.57. The smallest absolute Gasteiger partial charge is 0.357 e. The number of nitrogens with one attached hydrogen (secondary N) is 2. The van der Waals surface area contributed by atoms with Crippen molar-refractivity contribution in [3.8, 4) is 5.69 Å². The highest BCUT2D eigenvalue weighted by molar-refractivity contribution is 5.96. The number of anilines is 1. The monoisotopic (exact) mass is 446 g/mol. The predicted molar refractivity (Wildman–Crippen MR) is 123 cm³/mol. The predicted octanol–water partition coefficient (Wildman–Crippen LogP) is 3.28. The Morgan fingerprint density at radius 2 is 1.79 bits per heavy atom. The van der Waals surface area contributed by atoms with Gasteiger partial charge in [0.2, 0.25) is 5.91 Å². The molecule has 4 rings (SSSR count). The molecule has 1 saturated carbocycles. The molecule has 2 amide bonds. The number of para-hydroxylation sites is 1. The zero-order valence-electron chi connectivity index (χ0n) is 18.6. The molecule has 0 atom stereocenters. The van der Waals surface area contributed by atoms with Crippen molar-refractivity contribution in [2.45, 2.75) is 32.6 Å². The van der Waals surface area contributed by atoms with Gasteiger partial charge in [-0.15, -0.1) is 0 Å². The minimum absolute atomic E-state index is 0.225. The van der Waals surface area contributed by atoms with Crippen LogP contribution in [0.15, 0.2) is 54.6 Å². The quantitative estimate of drug-likeness (QED) is 0.517. The van der Waals surface area contributed by atoms with E-state index in [9.17, 15) is 14.4 Å². The molecule has 2 aromatic carbocycles. The molecule has 1 aliphatic rings. The Morgan fingerprint density at radius 1 is 1.03 bits per heavy atom. The Bertz CT molecular complexity index is 1180. The van der Waals surface area contributed by atoms with Crippen LogP contribution in [0, 0.1) is 13.8 Å². The van der Waals surface area contributed by atoms with Crippen LogP contribution in [0.3, 0.4) is 0 Å². The van der Waals surface area contributed by atoms with Gasteiger partial charge in [-0.1, -0.05) is 30.3 Å². The van der Waals surface area contributed by atoms with E-state index in [1.54, 1.807) is 16.8 Å². The van der Waals surface area contributed by atoms with E-state index in [4.69, 9.17) is 4.74 Å². The molecule has 3 aromatic rings. The summed E-state index contributed by atoms with van der Waals surface area (Å²) in [4.78, 5) is 37.0. The van der Waals surface area contributed by atoms with Gasteiger partial charge in [0.1, 0.15) is 0 Å². The van der Waals surface area contributed by atoms with E-state index in [0.29, 0.717) is 11.6 Å². The van der Waals surface area contributed by atoms with Crippen LogP contribution >= 0.6 is 0 Å². The number of esters is 1. The van der Waals surface area contributed by atoms with Gasteiger partial charge in [0.25, 0.3) is 5.91 Å². The molecule has 1 aromatic heterocycles. The van der Waals surface area contributed by atoms with Crippen molar-refractivity contribution in [2.24, 2.45) is 0 Å². The zero-order chi connectivity index (χ0) is 23.4. The number of amides is 2. The lowest BCUT2D eigenvalue weighted by Crippen LogP contribution is -2.35. The highest BCUT2D eigenvalue weighted by atomic mass is 16.5. The average molecular weight is 447 g/mol. The van der Waals surface area contributed by atoms with Crippen molar-refractivity contribution in [2.75, 3.05) is 18.5 Å². The molecule has 1 aliphatic carbocycles. The normalized spacial score (nSPS) is 12.8. The van der Waals surface area contributed by atoms with Crippen LogP contribution in [0.25, 0.3) is 5.69 Å². The summed E-state index contributed by atoms with van der Waals surface area (Å²) in [5, 5.41) is 9.81. The maximum atomic E-state index is 12.7. The molecule has 170 valence electrons. The van der Waals surface area contributed by atoms with E-state index in [-0.39, 0.29) is 18.1 Å². The third-order valence-electron chi connectivity index (χ3n) is 5.59. The highest BCUT2D eigenvalue weighted by Gasteiger charge is 2.29. The maximum Gasteiger partial charge on any atom is 0.357 e. The van der Waals surface area contributed by atoms with Gasteiger partial charge in [-0.2, -0.15) is 5.10 Å². The number of hydrogen-bond acceptors (Lipinski definition) is 5. The number of hydrogen-bond donors (Lipinski definition) is 2. The van der Waals surface area contributed by atoms with Crippen molar-refractivity contribution < 1.29 is 19.1 Å². The first kappa shape index (κ1) is 22.3. The Hall–Kier alpha value is -3.94. The Labute approximate surface area is 191 Å². The third kappa shape index (κ3) is 5.46. The third-order valence-corrected chi connectivity index (χ3v) is 5.59. The molecule has 0 bridgehead atoms. The standard InChI is InChI=1S/C25H26N4O4/c1-16-7-6-10-20(17(16)2)27-23(30)14-26-24(31)15-33-25(32)22-13-21(18-11-12-18)28-29(22)19-8-4-3-5-9-19/h3-10,13,18H,11-12,14-15H2,1-2H3,(H,26,31)(H,27,30). The van der Waals surface area contributed by atoms with Crippen LogP contribution in [0.5, 0.6) is 0 Å². The zero-order valence-corrected chi connectivity index (χ0v) is 18.6. The molecule has 2 N–H and O–H groups in total. The fourth-order valence-corrected chi connectivity index (χ4v) is 3.41. The molecule has 1 heterocycles. The Kier molecular flexibility index (Phi) is 6.53. The van der Waals surface area contributed by atoms with Gasteiger partial charge in [-0.25, -0.2) is 9.48 Å². The number of carbonyl (C=O) groups excluding carboxylic acids is 3. The number of carbonyl (C=O) groups is 3. The van der Waals surface area contributed by atoms with Gasteiger partial charge in [0, 0.05) is 11.6 Å². The van der Waals surface area contributed by atoms with E-state index in [1.165, 1.54) is 0 Å². The van der Waals surface area contributed by atoms with Gasteiger partial charge in [-0.05, 0) is 62.1 Å². The summed E-state index contributed by atoms with van der Waals surface area (Å²) in [7, 11) is 0. The molecular formula is C25H26N4O4. The van der Waals surface area contributed by atoms with E-state index in [0.717, 1.165) is 35.3 Å². The van der Waals surface area contributed by atoms with Gasteiger partial charge in [-0.3, -0.25) is 9.59 Å². The van der Waals surface area contributed by atoms with E-state index < -0.39 is 18.5 Å². The van der Waals surface area contributed by atoms with Gasteiger partial charge < -0.3 is 15.4 Å². The summed E-state index contributed by atoms with van der Waals surface area (Å²) < 4.78 is 6.75. The molecule has 0 radical (unpaired) electrons. The lowest BCUT2D eigenvalue weighted by atomic mass is 10.1. The fourth-order valence-electron chi connectivity index (χ4n) is 3.41. The van der Waals surface area contributed by atoms with E-state index in [2.05, 4.69) is 15.7 Å². The SMILES string of the molecule is Cc1cccc(NC(=O)CNC(=O)COC(=O)c2cc(C3CC3)nn2-c2ccccc2)c1C. The molecule has 33 heavy (non-hydrogen) atoms. The molecule has 0 aliphatic heterocycles. The van der Waals surface area contributed by atoms with Gasteiger partial charge in [0.15, 0.2) is 12.3 Å². The number of nitrogens with zero attached hydrogens (tertiary/aromatic N) is 2. The first-order valence-corrected chi connectivity index (χ1v) is 10.9. The largest absolute Gasteiger partial charge is 0.451 e. The second-order valence-corrected chi connectivity index (χ2v) is 8.12. The van der Waals surface area contributed by atoms with Crippen LogP contribution in [-0.2, 0) is 14.3 Å². The number of aromatic nitrogens is 2. The molecule has 8 heteroatoms. The van der Waals surface area contributed by atoms with Crippen molar-refractivity contribution in [3.63, 3.8) is 0 Å². The van der Waals surface area contributed by atoms with Crippen LogP contribution in [0.4, 0.5) is 5.69 Å². The number of ether oxygens (including phenoxy) is 1. The van der Waals surface area contributed by atoms with E-state index >= 15 is 0 Å². The molecule has 0 spiro atoms. The van der Waals surface area contributed by atoms with Crippen LogP contribution in [0.1, 0.15) is 46.1 Å². The van der Waals surface area contributed by atoms with Crippen LogP contribution in [0.2, 0.25) is 0 Å². The van der Waals surface area contributed by atoms with Gasteiger partial charge >= 0.3 is 5.97 Å². The topological polar surface area (TPSA) is 102 Å². The fraction of sp³-hybridized carbons (Fsp3) is 0.280. The maximum absolute atomic E-state index is 12.7. The molecule has 1 fully saturated rings. The molecule has 8 nitrogen and oxygen atoms in total. The van der Waals surface area contributed by atoms with Crippen LogP contribution < -0.4 is 10.6 Å². The van der Waals surface area contributed by atoms with Crippen LogP contribution in [-0.4, -0.2) is 40.7 Å². The first-order chi connectivity index (χ1) is 15.9. The summed E-state index contributed by atoms with van der Waals surface area (Å²) >= 11 is 0. The highest BCUT2D eigenvalue weighted by Crippen LogP contribution is 2.39. The number of aryl methyl sites for hydroxylation is 1. The minimum Gasteiger partial charge on any atom is -0.451 e. The molecule has 0 unspecified atom stereocenters. The lowest BCUT2D eigenvalue weighted by Gasteiger charge is -2.11. The summed E-state index contributed by atoms with van der Waals surface area (Å²) in [6.45, 7) is 3.15. The second kappa shape index (κ2) is 9.68. The number of rotatable bonds is 8. The summed E-state index contributed by atoms with van der Waals surface area (Å²) in [6, 6.07) is 16.6. The Balaban J connectivity index is 1.32. The van der Waals surface area contributed by atoms with Crippen molar-refractivity contribution >= 4 is 23.5 Å². The van der Waals surface area contributed by atoms with Crippen molar-refractivity contribution in [1.82, 2.24) is 15.1 Å². The lowest BCUT2D eigenvalue weighted by molar-refractivity contribution is -0.126. The first-order valence-electron chi connectivity index (χ1n) is 10.9. The summed E-state index contributed by atoms with van der Waals surface area (Å²) in [6.07, 6.45) is 2.10. The molecular weight excluding hydrogens is 420 g/mol. The summed E-state index contributed by atoms with van der Waals surface area (Å²) in [5.74, 6) is -1.21. The Morgan fingerprint density at radius 3 is 2.52 bits per heavy atom.